The monoisotopic (exact) mass is 181 g/mol. The van der Waals surface area contributed by atoms with E-state index in [2.05, 4.69) is 13.5 Å². The summed E-state index contributed by atoms with van der Waals surface area (Å²) in [6, 6.07) is 0. The molecule has 0 saturated carbocycles. The van der Waals surface area contributed by atoms with Crippen LogP contribution >= 0.6 is 0 Å². The van der Waals surface area contributed by atoms with Gasteiger partial charge in [0.25, 0.3) is 0 Å². The van der Waals surface area contributed by atoms with Crippen molar-refractivity contribution in [1.29, 1.82) is 0 Å². The largest absolute Gasteiger partial charge is 0.493 e. The Labute approximate surface area is 80.8 Å². The summed E-state index contributed by atoms with van der Waals surface area (Å²) < 4.78 is 5.51. The van der Waals surface area contributed by atoms with Gasteiger partial charge >= 0.3 is 0 Å². The van der Waals surface area contributed by atoms with Crippen LogP contribution in [0.5, 0.6) is 0 Å². The molecule has 0 spiro atoms. The quantitative estimate of drug-likeness (QED) is 0.523. The van der Waals surface area contributed by atoms with Crippen LogP contribution in [0.25, 0.3) is 0 Å². The van der Waals surface area contributed by atoms with Crippen LogP contribution in [0.1, 0.15) is 27.2 Å². The zero-order chi connectivity index (χ0) is 10.3. The average molecular weight is 181 g/mol. The third-order valence-corrected chi connectivity index (χ3v) is 1.69. The Morgan fingerprint density at radius 1 is 1.46 bits per heavy atom. The molecule has 0 bridgehead atoms. The number of hydrogen-bond donors (Lipinski definition) is 1. The molecule has 0 atom stereocenters. The van der Waals surface area contributed by atoms with Gasteiger partial charge in [-0.15, -0.1) is 0 Å². The smallest absolute Gasteiger partial charge is 0.123 e. The van der Waals surface area contributed by atoms with Gasteiger partial charge in [0.15, 0.2) is 0 Å². The third-order valence-electron chi connectivity index (χ3n) is 1.69. The summed E-state index contributed by atoms with van der Waals surface area (Å²) in [5.74, 6) is 0.817. The van der Waals surface area contributed by atoms with E-state index in [9.17, 15) is 0 Å². The van der Waals surface area contributed by atoms with E-state index in [0.29, 0.717) is 6.61 Å². The van der Waals surface area contributed by atoms with Gasteiger partial charge in [0, 0.05) is 11.3 Å². The molecule has 0 aliphatic heterocycles. The Hall–Kier alpha value is -1.18. The van der Waals surface area contributed by atoms with Gasteiger partial charge in [-0.3, -0.25) is 0 Å². The molecular weight excluding hydrogens is 162 g/mol. The fourth-order valence-electron chi connectivity index (χ4n) is 0.795. The maximum Gasteiger partial charge on any atom is 0.123 e. The minimum Gasteiger partial charge on any atom is -0.493 e. The van der Waals surface area contributed by atoms with Crippen molar-refractivity contribution in [2.24, 2.45) is 5.73 Å². The lowest BCUT2D eigenvalue weighted by atomic mass is 10.2. The molecule has 2 heteroatoms. The molecule has 0 saturated heterocycles. The summed E-state index contributed by atoms with van der Waals surface area (Å²) in [5, 5.41) is 0. The van der Waals surface area contributed by atoms with Gasteiger partial charge in [0.05, 0.1) is 6.61 Å². The highest BCUT2D eigenvalue weighted by Crippen LogP contribution is 2.13. The molecule has 0 aliphatic carbocycles. The van der Waals surface area contributed by atoms with Crippen LogP contribution in [0, 0.1) is 0 Å². The van der Waals surface area contributed by atoms with Gasteiger partial charge in [-0.1, -0.05) is 19.6 Å². The van der Waals surface area contributed by atoms with Gasteiger partial charge in [-0.2, -0.15) is 0 Å². The first-order valence-corrected chi connectivity index (χ1v) is 4.52. The highest BCUT2D eigenvalue weighted by atomic mass is 16.5. The van der Waals surface area contributed by atoms with Gasteiger partial charge in [-0.25, -0.2) is 0 Å². The Balaban J connectivity index is 4.53. The molecule has 0 heterocycles. The average Bonchev–Trinajstić information content (AvgIpc) is 2.11. The minimum atomic E-state index is 0.713. The number of ether oxygens (including phenoxy) is 1. The molecule has 0 aromatic rings. The van der Waals surface area contributed by atoms with E-state index in [1.807, 2.05) is 19.9 Å². The first-order valence-electron chi connectivity index (χ1n) is 4.52. The Morgan fingerprint density at radius 2 is 2.08 bits per heavy atom. The molecule has 2 nitrogen and oxygen atoms in total. The second-order valence-electron chi connectivity index (χ2n) is 2.92. The maximum absolute atomic E-state index is 5.66. The van der Waals surface area contributed by atoms with Crippen molar-refractivity contribution >= 4 is 0 Å². The van der Waals surface area contributed by atoms with Crippen molar-refractivity contribution in [3.05, 3.63) is 35.8 Å². The number of allylic oxidation sites excluding steroid dienone is 4. The van der Waals surface area contributed by atoms with Crippen molar-refractivity contribution in [2.45, 2.75) is 27.2 Å². The van der Waals surface area contributed by atoms with Crippen molar-refractivity contribution in [2.75, 3.05) is 6.61 Å². The van der Waals surface area contributed by atoms with Crippen LogP contribution < -0.4 is 5.73 Å². The second-order valence-corrected chi connectivity index (χ2v) is 2.92. The number of nitrogens with two attached hydrogens (primary N) is 1. The van der Waals surface area contributed by atoms with E-state index >= 15 is 0 Å². The van der Waals surface area contributed by atoms with E-state index in [4.69, 9.17) is 10.5 Å². The maximum atomic E-state index is 5.66. The normalized spacial score (nSPS) is 13.6. The van der Waals surface area contributed by atoms with Crippen LogP contribution in [0.2, 0.25) is 0 Å². The Bertz CT molecular complexity index is 222. The molecule has 0 aliphatic rings. The third kappa shape index (κ3) is 4.41. The molecular formula is C11H19NO. The van der Waals surface area contributed by atoms with Gasteiger partial charge in [-0.05, 0) is 26.3 Å². The van der Waals surface area contributed by atoms with E-state index in [1.54, 1.807) is 6.08 Å². The molecule has 0 aromatic heterocycles. The van der Waals surface area contributed by atoms with Crippen LogP contribution in [0.15, 0.2) is 35.8 Å². The van der Waals surface area contributed by atoms with E-state index in [1.165, 1.54) is 0 Å². The summed E-state index contributed by atoms with van der Waals surface area (Å²) >= 11 is 0. The van der Waals surface area contributed by atoms with E-state index in [0.717, 1.165) is 23.5 Å². The lowest BCUT2D eigenvalue weighted by molar-refractivity contribution is 0.220. The van der Waals surface area contributed by atoms with Gasteiger partial charge in [0.2, 0.25) is 0 Å². The summed E-state index contributed by atoms with van der Waals surface area (Å²) in [4.78, 5) is 0. The van der Waals surface area contributed by atoms with Crippen molar-refractivity contribution in [1.82, 2.24) is 0 Å². The summed E-state index contributed by atoms with van der Waals surface area (Å²) in [6.07, 6.45) is 4.53. The standard InChI is InChI=1S/C11H19NO/c1-5-7-11(13-8-6-2)9(3)10(4)12/h5,7H,1,6,8,12H2,2-4H3/b10-9+,11-7+. The zero-order valence-electron chi connectivity index (χ0n) is 8.76. The van der Waals surface area contributed by atoms with Crippen molar-refractivity contribution in [3.63, 3.8) is 0 Å². The fraction of sp³-hybridized carbons (Fsp3) is 0.455. The van der Waals surface area contributed by atoms with Crippen LogP contribution in [0.4, 0.5) is 0 Å². The lowest BCUT2D eigenvalue weighted by Gasteiger charge is -2.10. The number of hydrogen-bond acceptors (Lipinski definition) is 2. The molecule has 74 valence electrons. The predicted molar refractivity (Wildman–Crippen MR) is 57.1 cm³/mol. The van der Waals surface area contributed by atoms with E-state index < -0.39 is 0 Å². The Kier molecular flexibility index (Phi) is 5.77. The molecule has 0 fully saturated rings. The first-order chi connectivity index (χ1) is 6.13. The van der Waals surface area contributed by atoms with E-state index in [-0.39, 0.29) is 0 Å². The SMILES string of the molecule is C=C/C=C(OCCC)\C(C)=C(/C)N. The van der Waals surface area contributed by atoms with Crippen LogP contribution in [0.3, 0.4) is 0 Å². The van der Waals surface area contributed by atoms with Gasteiger partial charge in [0.1, 0.15) is 5.76 Å². The Morgan fingerprint density at radius 3 is 2.46 bits per heavy atom. The van der Waals surface area contributed by atoms with Crippen molar-refractivity contribution < 1.29 is 4.74 Å². The molecule has 0 radical (unpaired) electrons. The summed E-state index contributed by atoms with van der Waals surface area (Å²) in [7, 11) is 0. The molecule has 2 N–H and O–H groups in total. The fourth-order valence-corrected chi connectivity index (χ4v) is 0.795. The molecule has 0 amide bonds. The zero-order valence-corrected chi connectivity index (χ0v) is 8.76. The lowest BCUT2D eigenvalue weighted by Crippen LogP contribution is -2.02. The number of rotatable bonds is 5. The van der Waals surface area contributed by atoms with Crippen LogP contribution in [-0.4, -0.2) is 6.61 Å². The molecule has 0 unspecified atom stereocenters. The molecule has 0 aromatic carbocycles. The van der Waals surface area contributed by atoms with Crippen molar-refractivity contribution in [3.8, 4) is 0 Å². The molecule has 13 heavy (non-hydrogen) atoms. The predicted octanol–water partition coefficient (Wildman–Crippen LogP) is 2.74. The first kappa shape index (κ1) is 11.8. The summed E-state index contributed by atoms with van der Waals surface area (Å²) in [6.45, 7) is 10.2. The topological polar surface area (TPSA) is 35.2 Å². The molecule has 0 rings (SSSR count). The van der Waals surface area contributed by atoms with Gasteiger partial charge < -0.3 is 10.5 Å². The minimum absolute atomic E-state index is 0.713. The highest BCUT2D eigenvalue weighted by molar-refractivity contribution is 5.29. The summed E-state index contributed by atoms with van der Waals surface area (Å²) in [5.41, 5.74) is 7.42. The highest BCUT2D eigenvalue weighted by Gasteiger charge is 2.01. The van der Waals surface area contributed by atoms with Crippen LogP contribution in [-0.2, 0) is 4.74 Å². The second kappa shape index (κ2) is 6.35.